The lowest BCUT2D eigenvalue weighted by Gasteiger charge is -2.41. The van der Waals surface area contributed by atoms with Crippen LogP contribution in [0.3, 0.4) is 0 Å². The van der Waals surface area contributed by atoms with Crippen molar-refractivity contribution in [1.82, 2.24) is 4.90 Å². The molecule has 5 nitrogen and oxygen atoms in total. The van der Waals surface area contributed by atoms with Crippen molar-refractivity contribution < 1.29 is 19.8 Å². The van der Waals surface area contributed by atoms with Gasteiger partial charge in [-0.25, -0.2) is 4.79 Å². The first kappa shape index (κ1) is 8.58. The van der Waals surface area contributed by atoms with Crippen LogP contribution in [0.5, 0.6) is 0 Å². The third-order valence-electron chi connectivity index (χ3n) is 2.15. The highest BCUT2D eigenvalue weighted by atomic mass is 32.2. The van der Waals surface area contributed by atoms with Crippen molar-refractivity contribution >= 4 is 23.6 Å². The number of aliphatic hydroxyl groups is 1. The number of hydrogen-bond donors (Lipinski definition) is 2. The molecule has 70 valence electrons. The molecule has 0 saturated carbocycles. The van der Waals surface area contributed by atoms with Crippen LogP contribution in [0.2, 0.25) is 0 Å². The maximum Gasteiger partial charge on any atom is 0.353 e. The van der Waals surface area contributed by atoms with E-state index < -0.39 is 11.9 Å². The largest absolute Gasteiger partial charge is 0.477 e. The predicted octanol–water partition coefficient (Wildman–Crippen LogP) is -0.564. The van der Waals surface area contributed by atoms with E-state index in [4.69, 9.17) is 10.2 Å². The van der Waals surface area contributed by atoms with E-state index in [1.54, 1.807) is 0 Å². The number of thioether (sulfide) groups is 1. The Bertz CT molecular complexity index is 314. The Kier molecular flexibility index (Phi) is 1.81. The second-order valence-corrected chi connectivity index (χ2v) is 3.82. The van der Waals surface area contributed by atoms with Gasteiger partial charge in [-0.05, 0) is 0 Å². The van der Waals surface area contributed by atoms with E-state index in [1.807, 2.05) is 0 Å². The summed E-state index contributed by atoms with van der Waals surface area (Å²) in [7, 11) is 0. The van der Waals surface area contributed by atoms with Crippen LogP contribution in [-0.4, -0.2) is 39.0 Å². The van der Waals surface area contributed by atoms with Gasteiger partial charge in [0.05, 0.1) is 12.5 Å². The van der Waals surface area contributed by atoms with E-state index in [1.165, 1.54) is 22.1 Å². The molecule has 2 rings (SSSR count). The van der Waals surface area contributed by atoms with Crippen molar-refractivity contribution in [3.63, 3.8) is 0 Å². The van der Waals surface area contributed by atoms with Crippen molar-refractivity contribution in [3.05, 3.63) is 11.1 Å². The van der Waals surface area contributed by atoms with E-state index in [0.29, 0.717) is 0 Å². The van der Waals surface area contributed by atoms with Crippen LogP contribution >= 0.6 is 11.8 Å². The number of hydrogen-bond acceptors (Lipinski definition) is 4. The highest BCUT2D eigenvalue weighted by Gasteiger charge is 2.53. The van der Waals surface area contributed by atoms with Gasteiger partial charge in [0.1, 0.15) is 11.1 Å². The number of nitrogens with zero attached hydrogens (tertiary/aromatic N) is 1. The average molecular weight is 201 g/mol. The molecule has 2 aliphatic heterocycles. The monoisotopic (exact) mass is 201 g/mol. The number of aliphatic carboxylic acids is 1. The van der Waals surface area contributed by atoms with Crippen molar-refractivity contribution in [2.45, 2.75) is 5.37 Å². The van der Waals surface area contributed by atoms with Gasteiger partial charge in [0.15, 0.2) is 0 Å². The molecule has 0 spiro atoms. The molecule has 2 heterocycles. The number of carboxylic acid groups (broad SMARTS) is 1. The highest BCUT2D eigenvalue weighted by Crippen LogP contribution is 2.44. The van der Waals surface area contributed by atoms with Gasteiger partial charge < -0.3 is 10.2 Å². The summed E-state index contributed by atoms with van der Waals surface area (Å²) < 4.78 is 0. The summed E-state index contributed by atoms with van der Waals surface area (Å²) in [5, 5.41) is 18.7. The Labute approximate surface area is 78.0 Å². The predicted molar refractivity (Wildman–Crippen MR) is 44.5 cm³/mol. The minimum Gasteiger partial charge on any atom is -0.477 e. The molecule has 2 atom stereocenters. The number of amides is 1. The van der Waals surface area contributed by atoms with E-state index in [9.17, 15) is 9.59 Å². The van der Waals surface area contributed by atoms with Crippen LogP contribution in [0.4, 0.5) is 0 Å². The summed E-state index contributed by atoms with van der Waals surface area (Å²) in [5.74, 6) is -1.83. The van der Waals surface area contributed by atoms with E-state index in [2.05, 4.69) is 0 Å². The lowest BCUT2D eigenvalue weighted by Crippen LogP contribution is -2.58. The van der Waals surface area contributed by atoms with Crippen LogP contribution in [-0.2, 0) is 9.59 Å². The first-order valence-corrected chi connectivity index (χ1v) is 4.64. The second-order valence-electron chi connectivity index (χ2n) is 2.83. The Morgan fingerprint density at radius 3 is 2.92 bits per heavy atom. The first-order chi connectivity index (χ1) is 6.16. The molecule has 0 aromatic rings. The molecule has 1 saturated heterocycles. The summed E-state index contributed by atoms with van der Waals surface area (Å²) in [6.45, 7) is -0.215. The number of carboxylic acids is 1. The van der Waals surface area contributed by atoms with Crippen LogP contribution in [0, 0.1) is 5.92 Å². The van der Waals surface area contributed by atoms with Crippen molar-refractivity contribution in [3.8, 4) is 0 Å². The lowest BCUT2D eigenvalue weighted by molar-refractivity contribution is -0.153. The minimum atomic E-state index is -1.10. The molecule has 1 amide bonds. The van der Waals surface area contributed by atoms with Crippen LogP contribution in [0.15, 0.2) is 11.1 Å². The average Bonchev–Trinajstić information content (AvgIpc) is 2.45. The fourth-order valence-corrected chi connectivity index (χ4v) is 2.66. The number of carbonyl (C=O) groups is 2. The molecule has 0 radical (unpaired) electrons. The van der Waals surface area contributed by atoms with Crippen molar-refractivity contribution in [1.29, 1.82) is 0 Å². The van der Waals surface area contributed by atoms with Crippen molar-refractivity contribution in [2.24, 2.45) is 5.92 Å². The summed E-state index contributed by atoms with van der Waals surface area (Å²) in [6.07, 6.45) is 0. The SMILES string of the molecule is O=C(O)C1=CS[C@@H]2C(CO)C(=O)N12. The number of rotatable bonds is 2. The zero-order valence-corrected chi connectivity index (χ0v) is 7.32. The van der Waals surface area contributed by atoms with Crippen molar-refractivity contribution in [2.75, 3.05) is 6.61 Å². The molecule has 6 heteroatoms. The number of β-lactam (4-membered cyclic amide) rings is 1. The van der Waals surface area contributed by atoms with Gasteiger partial charge >= 0.3 is 5.97 Å². The highest BCUT2D eigenvalue weighted by molar-refractivity contribution is 8.03. The molecule has 0 aromatic carbocycles. The van der Waals surface area contributed by atoms with E-state index in [0.717, 1.165) is 0 Å². The zero-order valence-electron chi connectivity index (χ0n) is 6.51. The van der Waals surface area contributed by atoms with Crippen LogP contribution in [0.1, 0.15) is 0 Å². The number of carbonyl (C=O) groups excluding carboxylic acids is 1. The summed E-state index contributed by atoms with van der Waals surface area (Å²) in [5.41, 5.74) is 0.0182. The molecule has 0 bridgehead atoms. The maximum atomic E-state index is 11.2. The number of aliphatic hydroxyl groups excluding tert-OH is 1. The van der Waals surface area contributed by atoms with Crippen LogP contribution in [0.25, 0.3) is 0 Å². The topological polar surface area (TPSA) is 77.8 Å². The third-order valence-corrected chi connectivity index (χ3v) is 3.33. The van der Waals surface area contributed by atoms with Crippen LogP contribution < -0.4 is 0 Å². The summed E-state index contributed by atoms with van der Waals surface area (Å²) >= 11 is 1.27. The first-order valence-electron chi connectivity index (χ1n) is 3.69. The fraction of sp³-hybridized carbons (Fsp3) is 0.429. The Morgan fingerprint density at radius 2 is 2.38 bits per heavy atom. The molecule has 13 heavy (non-hydrogen) atoms. The molecule has 2 aliphatic rings. The fourth-order valence-electron chi connectivity index (χ4n) is 1.45. The van der Waals surface area contributed by atoms with Gasteiger partial charge in [-0.1, -0.05) is 0 Å². The maximum absolute atomic E-state index is 11.2. The molecular weight excluding hydrogens is 194 g/mol. The molecule has 0 aromatic heterocycles. The molecule has 0 aliphatic carbocycles. The van der Waals surface area contributed by atoms with Gasteiger partial charge in [0.25, 0.3) is 0 Å². The quantitative estimate of drug-likeness (QED) is 0.585. The van der Waals surface area contributed by atoms with Gasteiger partial charge in [-0.3, -0.25) is 9.69 Å². The summed E-state index contributed by atoms with van der Waals surface area (Å²) in [4.78, 5) is 23.0. The zero-order chi connectivity index (χ0) is 9.59. The minimum absolute atomic E-state index is 0.0182. The van der Waals surface area contributed by atoms with Gasteiger partial charge in [-0.15, -0.1) is 11.8 Å². The third kappa shape index (κ3) is 0.988. The van der Waals surface area contributed by atoms with Gasteiger partial charge in [-0.2, -0.15) is 0 Å². The van der Waals surface area contributed by atoms with E-state index in [-0.39, 0.29) is 23.6 Å². The molecular formula is C7H7NO4S. The lowest BCUT2D eigenvalue weighted by atomic mass is 9.99. The second kappa shape index (κ2) is 2.74. The Balaban J connectivity index is 2.18. The molecule has 1 fully saturated rings. The normalized spacial score (nSPS) is 31.0. The standard InChI is InChI=1S/C7H7NO4S/c9-1-3-5(10)8-4(7(11)12)2-13-6(3)8/h2-3,6,9H,1H2,(H,11,12)/t3?,6-/m1/s1. The van der Waals surface area contributed by atoms with Gasteiger partial charge in [0, 0.05) is 5.41 Å². The molecule has 2 N–H and O–H groups in total. The van der Waals surface area contributed by atoms with Gasteiger partial charge in [0.2, 0.25) is 5.91 Å². The Hall–Kier alpha value is -1.01. The van der Waals surface area contributed by atoms with E-state index >= 15 is 0 Å². The molecule has 1 unspecified atom stereocenters. The smallest absolute Gasteiger partial charge is 0.353 e. The summed E-state index contributed by atoms with van der Waals surface area (Å²) in [6, 6.07) is 0. The number of fused-ring (bicyclic) bond motifs is 1. The Morgan fingerprint density at radius 1 is 1.69 bits per heavy atom.